The van der Waals surface area contributed by atoms with Crippen LogP contribution in [0.2, 0.25) is 0 Å². The second-order valence-electron chi connectivity index (χ2n) is 4.65. The van der Waals surface area contributed by atoms with Gasteiger partial charge in [0.2, 0.25) is 0 Å². The molecule has 0 aromatic carbocycles. The summed E-state index contributed by atoms with van der Waals surface area (Å²) in [6, 6.07) is 0. The fourth-order valence-corrected chi connectivity index (χ4v) is 2.53. The summed E-state index contributed by atoms with van der Waals surface area (Å²) in [7, 11) is 0. The second kappa shape index (κ2) is 8.95. The SMILES string of the molecule is O=C(O)CC(C(=O)O)C1CCCCCCC1.[NaH]. The van der Waals surface area contributed by atoms with Crippen molar-refractivity contribution in [2.24, 2.45) is 11.8 Å². The van der Waals surface area contributed by atoms with Gasteiger partial charge in [0.1, 0.15) is 0 Å². The van der Waals surface area contributed by atoms with E-state index in [9.17, 15) is 9.59 Å². The molecule has 1 aliphatic rings. The van der Waals surface area contributed by atoms with Crippen LogP contribution in [-0.4, -0.2) is 51.7 Å². The summed E-state index contributed by atoms with van der Waals surface area (Å²) in [6.07, 6.45) is 7.09. The molecule has 0 saturated heterocycles. The van der Waals surface area contributed by atoms with Gasteiger partial charge in [-0.1, -0.05) is 32.1 Å². The van der Waals surface area contributed by atoms with Crippen LogP contribution in [0.5, 0.6) is 0 Å². The summed E-state index contributed by atoms with van der Waals surface area (Å²) in [5, 5.41) is 17.8. The van der Waals surface area contributed by atoms with Crippen LogP contribution in [0.25, 0.3) is 0 Å². The molecule has 0 aliphatic heterocycles. The number of hydrogen-bond acceptors (Lipinski definition) is 2. The number of carbonyl (C=O) groups is 2. The fraction of sp³-hybridized carbons (Fsp3) is 0.833. The zero-order chi connectivity index (χ0) is 12.0. The Morgan fingerprint density at radius 2 is 1.47 bits per heavy atom. The molecule has 17 heavy (non-hydrogen) atoms. The van der Waals surface area contributed by atoms with Crippen LogP contribution in [0.1, 0.15) is 51.4 Å². The number of aliphatic carboxylic acids is 2. The van der Waals surface area contributed by atoms with E-state index in [1.807, 2.05) is 0 Å². The molecule has 2 N–H and O–H groups in total. The maximum atomic E-state index is 11.1. The Morgan fingerprint density at radius 1 is 1.00 bits per heavy atom. The Bertz CT molecular complexity index is 247. The minimum absolute atomic E-state index is 0. The van der Waals surface area contributed by atoms with Crippen LogP contribution in [0.4, 0.5) is 0 Å². The van der Waals surface area contributed by atoms with Crippen molar-refractivity contribution < 1.29 is 19.8 Å². The Labute approximate surface area is 124 Å². The predicted octanol–water partition coefficient (Wildman–Crippen LogP) is 1.87. The molecular weight excluding hydrogens is 231 g/mol. The van der Waals surface area contributed by atoms with E-state index in [0.29, 0.717) is 0 Å². The van der Waals surface area contributed by atoms with Gasteiger partial charge in [-0.25, -0.2) is 0 Å². The van der Waals surface area contributed by atoms with Crippen molar-refractivity contribution in [2.75, 3.05) is 0 Å². The van der Waals surface area contributed by atoms with Gasteiger partial charge in [0, 0.05) is 0 Å². The third kappa shape index (κ3) is 6.43. The van der Waals surface area contributed by atoms with Crippen molar-refractivity contribution in [3.63, 3.8) is 0 Å². The van der Waals surface area contributed by atoms with E-state index < -0.39 is 17.9 Å². The first-order valence-corrected chi connectivity index (χ1v) is 6.06. The molecular formula is C12H21NaO4. The first kappa shape index (κ1) is 16.9. The predicted molar refractivity (Wildman–Crippen MR) is 66.3 cm³/mol. The van der Waals surface area contributed by atoms with Gasteiger partial charge in [0.25, 0.3) is 0 Å². The summed E-state index contributed by atoms with van der Waals surface area (Å²) in [4.78, 5) is 21.7. The number of carboxylic acid groups (broad SMARTS) is 2. The molecule has 5 heteroatoms. The van der Waals surface area contributed by atoms with Crippen LogP contribution in [0.3, 0.4) is 0 Å². The van der Waals surface area contributed by atoms with E-state index >= 15 is 0 Å². The average Bonchev–Trinajstić information content (AvgIpc) is 2.13. The topological polar surface area (TPSA) is 74.6 Å². The van der Waals surface area contributed by atoms with E-state index in [1.54, 1.807) is 0 Å². The van der Waals surface area contributed by atoms with E-state index in [-0.39, 0.29) is 41.9 Å². The molecule has 1 unspecified atom stereocenters. The summed E-state index contributed by atoms with van der Waals surface area (Å²) in [6.45, 7) is 0. The van der Waals surface area contributed by atoms with E-state index in [1.165, 1.54) is 6.42 Å². The van der Waals surface area contributed by atoms with Crippen LogP contribution >= 0.6 is 0 Å². The van der Waals surface area contributed by atoms with Crippen LogP contribution in [-0.2, 0) is 9.59 Å². The van der Waals surface area contributed by atoms with E-state index in [2.05, 4.69) is 0 Å². The van der Waals surface area contributed by atoms with Crippen molar-refractivity contribution in [2.45, 2.75) is 51.4 Å². The van der Waals surface area contributed by atoms with Crippen LogP contribution < -0.4 is 0 Å². The fourth-order valence-electron chi connectivity index (χ4n) is 2.53. The molecule has 1 atom stereocenters. The molecule has 94 valence electrons. The first-order chi connectivity index (χ1) is 7.61. The van der Waals surface area contributed by atoms with Gasteiger partial charge in [0.15, 0.2) is 0 Å². The molecule has 0 amide bonds. The molecule has 1 aliphatic carbocycles. The molecule has 0 aromatic rings. The molecule has 1 saturated carbocycles. The van der Waals surface area contributed by atoms with E-state index in [4.69, 9.17) is 10.2 Å². The zero-order valence-electron chi connectivity index (χ0n) is 9.52. The average molecular weight is 252 g/mol. The summed E-state index contributed by atoms with van der Waals surface area (Å²) in [5.41, 5.74) is 0. The summed E-state index contributed by atoms with van der Waals surface area (Å²) in [5.74, 6) is -2.60. The normalized spacial score (nSPS) is 19.5. The summed E-state index contributed by atoms with van der Waals surface area (Å²) >= 11 is 0. The Morgan fingerprint density at radius 3 is 1.88 bits per heavy atom. The Kier molecular flexibility index (Phi) is 8.92. The van der Waals surface area contributed by atoms with Crippen molar-refractivity contribution in [1.29, 1.82) is 0 Å². The first-order valence-electron chi connectivity index (χ1n) is 6.06. The monoisotopic (exact) mass is 252 g/mol. The Hall–Kier alpha value is -0.0600. The van der Waals surface area contributed by atoms with Crippen molar-refractivity contribution in [1.82, 2.24) is 0 Å². The molecule has 1 rings (SSSR count). The minimum atomic E-state index is -1.01. The van der Waals surface area contributed by atoms with Crippen molar-refractivity contribution >= 4 is 41.5 Å². The number of hydrogen-bond donors (Lipinski definition) is 2. The molecule has 0 radical (unpaired) electrons. The molecule has 4 nitrogen and oxygen atoms in total. The van der Waals surface area contributed by atoms with Gasteiger partial charge < -0.3 is 10.2 Å². The molecule has 1 fully saturated rings. The van der Waals surface area contributed by atoms with Crippen LogP contribution in [0, 0.1) is 11.8 Å². The Balaban J connectivity index is 0.00000256. The van der Waals surface area contributed by atoms with Gasteiger partial charge in [-0.05, 0) is 18.8 Å². The van der Waals surface area contributed by atoms with Crippen LogP contribution in [0.15, 0.2) is 0 Å². The van der Waals surface area contributed by atoms with Gasteiger partial charge >= 0.3 is 41.5 Å². The molecule has 0 aromatic heterocycles. The maximum absolute atomic E-state index is 11.1. The second-order valence-corrected chi connectivity index (χ2v) is 4.65. The van der Waals surface area contributed by atoms with E-state index in [0.717, 1.165) is 38.5 Å². The standard InChI is InChI=1S/C12H20O4.Na.H/c13-11(14)8-10(12(15)16)9-6-4-2-1-3-5-7-9;;/h9-10H,1-8H2,(H,13,14)(H,15,16);;. The molecule has 0 heterocycles. The number of rotatable bonds is 4. The third-order valence-corrected chi connectivity index (χ3v) is 3.43. The zero-order valence-corrected chi connectivity index (χ0v) is 9.52. The molecule has 0 bridgehead atoms. The van der Waals surface area contributed by atoms with Gasteiger partial charge in [-0.15, -0.1) is 0 Å². The summed E-state index contributed by atoms with van der Waals surface area (Å²) < 4.78 is 0. The van der Waals surface area contributed by atoms with Crippen molar-refractivity contribution in [3.05, 3.63) is 0 Å². The van der Waals surface area contributed by atoms with Gasteiger partial charge in [0.05, 0.1) is 12.3 Å². The van der Waals surface area contributed by atoms with Crippen molar-refractivity contribution in [3.8, 4) is 0 Å². The quantitative estimate of drug-likeness (QED) is 0.749. The third-order valence-electron chi connectivity index (χ3n) is 3.43. The number of carboxylic acids is 2. The molecule has 0 spiro atoms. The van der Waals surface area contributed by atoms with Gasteiger partial charge in [-0.2, -0.15) is 0 Å². The van der Waals surface area contributed by atoms with Gasteiger partial charge in [-0.3, -0.25) is 9.59 Å².